The molecule has 1 N–H and O–H groups in total. The van der Waals surface area contributed by atoms with Gasteiger partial charge in [0.15, 0.2) is 0 Å². The number of pyridine rings is 1. The first kappa shape index (κ1) is 15.8. The summed E-state index contributed by atoms with van der Waals surface area (Å²) in [5.74, 6) is 1.16. The van der Waals surface area contributed by atoms with Gasteiger partial charge in [-0.2, -0.15) is 0 Å². The van der Waals surface area contributed by atoms with Gasteiger partial charge < -0.3 is 15.0 Å². The van der Waals surface area contributed by atoms with E-state index in [1.54, 1.807) is 12.3 Å². The third kappa shape index (κ3) is 4.17. The molecule has 5 nitrogen and oxygen atoms in total. The molecule has 1 saturated heterocycles. The number of hydrogen-bond donors (Lipinski definition) is 1. The van der Waals surface area contributed by atoms with Crippen LogP contribution in [0, 0.1) is 5.92 Å². The lowest BCUT2D eigenvalue weighted by Gasteiger charge is -2.33. The maximum absolute atomic E-state index is 11.7. The van der Waals surface area contributed by atoms with Gasteiger partial charge in [-0.3, -0.25) is 0 Å². The quantitative estimate of drug-likeness (QED) is 0.842. The van der Waals surface area contributed by atoms with Gasteiger partial charge >= 0.3 is 5.97 Å². The highest BCUT2D eigenvalue weighted by Gasteiger charge is 2.21. The van der Waals surface area contributed by atoms with Crippen molar-refractivity contribution >= 4 is 11.8 Å². The molecular formula is C16H25N3O2. The van der Waals surface area contributed by atoms with Crippen LogP contribution in [-0.2, 0) is 4.74 Å². The molecule has 1 fully saturated rings. The molecule has 0 spiro atoms. The van der Waals surface area contributed by atoms with Crippen molar-refractivity contribution in [1.82, 2.24) is 10.3 Å². The minimum absolute atomic E-state index is 0.318. The van der Waals surface area contributed by atoms with E-state index >= 15 is 0 Å². The number of methoxy groups -OCH3 is 1. The fraction of sp³-hybridized carbons (Fsp3) is 0.625. The fourth-order valence-corrected chi connectivity index (χ4v) is 2.75. The van der Waals surface area contributed by atoms with Crippen LogP contribution in [-0.4, -0.2) is 43.7 Å². The lowest BCUT2D eigenvalue weighted by atomic mass is 9.98. The minimum Gasteiger partial charge on any atom is -0.465 e. The monoisotopic (exact) mass is 291 g/mol. The molecule has 0 amide bonds. The van der Waals surface area contributed by atoms with Crippen LogP contribution in [0.4, 0.5) is 5.82 Å². The SMILES string of the molecule is COC(=O)c1ccnc(N(CC2CCCNC2)C(C)C)c1. The van der Waals surface area contributed by atoms with Gasteiger partial charge in [0, 0.05) is 18.8 Å². The average molecular weight is 291 g/mol. The Labute approximate surface area is 126 Å². The van der Waals surface area contributed by atoms with Crippen LogP contribution < -0.4 is 10.2 Å². The molecule has 1 aliphatic rings. The Bertz CT molecular complexity index is 470. The lowest BCUT2D eigenvalue weighted by Crippen LogP contribution is -2.41. The minimum atomic E-state index is -0.318. The van der Waals surface area contributed by atoms with Gasteiger partial charge in [-0.05, 0) is 57.8 Å². The van der Waals surface area contributed by atoms with E-state index in [0.29, 0.717) is 17.5 Å². The van der Waals surface area contributed by atoms with Gasteiger partial charge in [0.25, 0.3) is 0 Å². The van der Waals surface area contributed by atoms with E-state index in [1.165, 1.54) is 20.0 Å². The van der Waals surface area contributed by atoms with E-state index in [4.69, 9.17) is 4.74 Å². The molecule has 2 heterocycles. The van der Waals surface area contributed by atoms with Crippen LogP contribution in [0.2, 0.25) is 0 Å². The summed E-state index contributed by atoms with van der Waals surface area (Å²) in [6.07, 6.45) is 4.15. The van der Waals surface area contributed by atoms with Crippen LogP contribution in [0.5, 0.6) is 0 Å². The highest BCUT2D eigenvalue weighted by molar-refractivity contribution is 5.90. The zero-order chi connectivity index (χ0) is 15.2. The molecule has 0 saturated carbocycles. The van der Waals surface area contributed by atoms with Gasteiger partial charge in [0.05, 0.1) is 12.7 Å². The third-order valence-electron chi connectivity index (χ3n) is 3.94. The first-order valence-corrected chi connectivity index (χ1v) is 7.63. The molecular weight excluding hydrogens is 266 g/mol. The van der Waals surface area contributed by atoms with Crippen molar-refractivity contribution in [3.63, 3.8) is 0 Å². The lowest BCUT2D eigenvalue weighted by molar-refractivity contribution is 0.0600. The van der Waals surface area contributed by atoms with Crippen molar-refractivity contribution in [1.29, 1.82) is 0 Å². The predicted molar refractivity (Wildman–Crippen MR) is 83.7 cm³/mol. The van der Waals surface area contributed by atoms with Crippen molar-refractivity contribution in [3.8, 4) is 0 Å². The van der Waals surface area contributed by atoms with E-state index in [1.807, 2.05) is 6.07 Å². The number of carbonyl (C=O) groups excluding carboxylic acids is 1. The average Bonchev–Trinajstić information content (AvgIpc) is 2.52. The summed E-state index contributed by atoms with van der Waals surface area (Å²) in [5.41, 5.74) is 0.551. The third-order valence-corrected chi connectivity index (χ3v) is 3.94. The number of piperidine rings is 1. The second-order valence-electron chi connectivity index (χ2n) is 5.85. The Morgan fingerprint density at radius 3 is 3.00 bits per heavy atom. The number of carbonyl (C=O) groups is 1. The summed E-state index contributed by atoms with van der Waals surface area (Å²) in [7, 11) is 1.40. The normalized spacial score (nSPS) is 18.6. The molecule has 0 bridgehead atoms. The Balaban J connectivity index is 2.15. The standard InChI is InChI=1S/C16H25N3O2/c1-12(2)19(11-13-5-4-7-17-10-13)15-9-14(6-8-18-15)16(20)21-3/h6,8-9,12-13,17H,4-5,7,10-11H2,1-3H3. The van der Waals surface area contributed by atoms with Crippen molar-refractivity contribution in [2.24, 2.45) is 5.92 Å². The van der Waals surface area contributed by atoms with Crippen LogP contribution in [0.15, 0.2) is 18.3 Å². The maximum atomic E-state index is 11.7. The largest absolute Gasteiger partial charge is 0.465 e. The predicted octanol–water partition coefficient (Wildman–Crippen LogP) is 2.08. The Kier molecular flexibility index (Phi) is 5.56. The molecule has 0 aliphatic carbocycles. The molecule has 0 radical (unpaired) electrons. The van der Waals surface area contributed by atoms with Crippen LogP contribution in [0.25, 0.3) is 0 Å². The molecule has 1 unspecified atom stereocenters. The highest BCUT2D eigenvalue weighted by Crippen LogP contribution is 2.20. The number of anilines is 1. The first-order chi connectivity index (χ1) is 10.1. The van der Waals surface area contributed by atoms with E-state index in [2.05, 4.69) is 29.0 Å². The van der Waals surface area contributed by atoms with Gasteiger partial charge in [-0.15, -0.1) is 0 Å². The zero-order valence-corrected chi connectivity index (χ0v) is 13.1. The van der Waals surface area contributed by atoms with Gasteiger partial charge in [0.2, 0.25) is 0 Å². The number of ether oxygens (including phenoxy) is 1. The number of aromatic nitrogens is 1. The molecule has 0 aromatic carbocycles. The Hall–Kier alpha value is -1.62. The first-order valence-electron chi connectivity index (χ1n) is 7.63. The second-order valence-corrected chi connectivity index (χ2v) is 5.85. The molecule has 21 heavy (non-hydrogen) atoms. The molecule has 1 aromatic rings. The van der Waals surface area contributed by atoms with Gasteiger partial charge in [-0.1, -0.05) is 0 Å². The molecule has 2 rings (SSSR count). The summed E-state index contributed by atoms with van der Waals surface area (Å²) in [5, 5.41) is 3.45. The van der Waals surface area contributed by atoms with Crippen molar-refractivity contribution in [2.45, 2.75) is 32.7 Å². The molecule has 1 atom stereocenters. The van der Waals surface area contributed by atoms with E-state index < -0.39 is 0 Å². The number of nitrogens with zero attached hydrogens (tertiary/aromatic N) is 2. The van der Waals surface area contributed by atoms with Crippen LogP contribution in [0.1, 0.15) is 37.0 Å². The maximum Gasteiger partial charge on any atom is 0.338 e. The zero-order valence-electron chi connectivity index (χ0n) is 13.1. The van der Waals surface area contributed by atoms with Gasteiger partial charge in [-0.25, -0.2) is 9.78 Å². The molecule has 5 heteroatoms. The van der Waals surface area contributed by atoms with Crippen LogP contribution in [0.3, 0.4) is 0 Å². The summed E-state index contributed by atoms with van der Waals surface area (Å²) in [4.78, 5) is 18.4. The summed E-state index contributed by atoms with van der Waals surface area (Å²) in [6, 6.07) is 3.85. The smallest absolute Gasteiger partial charge is 0.338 e. The number of esters is 1. The summed E-state index contributed by atoms with van der Waals surface area (Å²) >= 11 is 0. The molecule has 1 aliphatic heterocycles. The number of rotatable bonds is 5. The van der Waals surface area contributed by atoms with E-state index in [0.717, 1.165) is 25.5 Å². The number of hydrogen-bond acceptors (Lipinski definition) is 5. The topological polar surface area (TPSA) is 54.5 Å². The van der Waals surface area contributed by atoms with Crippen molar-refractivity contribution in [3.05, 3.63) is 23.9 Å². The van der Waals surface area contributed by atoms with Crippen molar-refractivity contribution < 1.29 is 9.53 Å². The van der Waals surface area contributed by atoms with Crippen LogP contribution >= 0.6 is 0 Å². The highest BCUT2D eigenvalue weighted by atomic mass is 16.5. The van der Waals surface area contributed by atoms with E-state index in [9.17, 15) is 4.79 Å². The summed E-state index contributed by atoms with van der Waals surface area (Å²) in [6.45, 7) is 7.45. The summed E-state index contributed by atoms with van der Waals surface area (Å²) < 4.78 is 4.79. The van der Waals surface area contributed by atoms with Crippen molar-refractivity contribution in [2.75, 3.05) is 31.6 Å². The molecule has 1 aromatic heterocycles. The fourth-order valence-electron chi connectivity index (χ4n) is 2.75. The number of nitrogens with one attached hydrogen (secondary N) is 1. The Morgan fingerprint density at radius 1 is 1.57 bits per heavy atom. The second kappa shape index (κ2) is 7.41. The van der Waals surface area contributed by atoms with E-state index in [-0.39, 0.29) is 5.97 Å². The van der Waals surface area contributed by atoms with Gasteiger partial charge in [0.1, 0.15) is 5.82 Å². The Morgan fingerprint density at radius 2 is 2.38 bits per heavy atom. The molecule has 116 valence electrons.